The fourth-order valence-electron chi connectivity index (χ4n) is 2.36. The molecule has 0 bridgehead atoms. The summed E-state index contributed by atoms with van der Waals surface area (Å²) in [6, 6.07) is 0. The van der Waals surface area contributed by atoms with Crippen molar-refractivity contribution in [1.82, 2.24) is 5.32 Å². The molecule has 1 amide bonds. The highest BCUT2D eigenvalue weighted by Gasteiger charge is 2.47. The van der Waals surface area contributed by atoms with Gasteiger partial charge in [-0.25, -0.2) is 0 Å². The van der Waals surface area contributed by atoms with E-state index in [0.29, 0.717) is 0 Å². The Kier molecular flexibility index (Phi) is 4.47. The minimum Gasteiger partial charge on any atom is -0.461 e. The number of nitrogens with one attached hydrogen (secondary N) is 1. The average Bonchev–Trinajstić information content (AvgIpc) is 2.72. The van der Waals surface area contributed by atoms with Crippen molar-refractivity contribution in [2.75, 3.05) is 6.61 Å². The van der Waals surface area contributed by atoms with Crippen LogP contribution < -0.4 is 5.32 Å². The van der Waals surface area contributed by atoms with Gasteiger partial charge in [0.1, 0.15) is 6.61 Å². The van der Waals surface area contributed by atoms with Crippen LogP contribution in [0.4, 0.5) is 0 Å². The van der Waals surface area contributed by atoms with Crippen molar-refractivity contribution in [2.45, 2.75) is 17.5 Å². The number of hydrogen-bond acceptors (Lipinski definition) is 4. The Labute approximate surface area is 117 Å². The van der Waals surface area contributed by atoms with E-state index in [-0.39, 0.29) is 40.9 Å². The van der Waals surface area contributed by atoms with Gasteiger partial charge >= 0.3 is 5.97 Å². The summed E-state index contributed by atoms with van der Waals surface area (Å²) in [7, 11) is 0. The first-order chi connectivity index (χ1) is 9.13. The number of ether oxygens (including phenoxy) is 1. The van der Waals surface area contributed by atoms with Crippen molar-refractivity contribution >= 4 is 23.6 Å². The van der Waals surface area contributed by atoms with E-state index in [1.54, 1.807) is 17.8 Å². The van der Waals surface area contributed by atoms with Crippen LogP contribution in [0.3, 0.4) is 0 Å². The van der Waals surface area contributed by atoms with E-state index in [4.69, 9.17) is 4.74 Å². The standard InChI is InChI=1S/C14H17NO3S/c1-3-8-18-14(17)12-10-6-4-5-7-11(10)19-13(12)15-9(2)16/h3-7,10-13H,1,8H2,2H3,(H,15,16). The minimum absolute atomic E-state index is 0.0733. The molecule has 2 aliphatic rings. The summed E-state index contributed by atoms with van der Waals surface area (Å²) in [6.07, 6.45) is 9.52. The second-order valence-electron chi connectivity index (χ2n) is 4.51. The van der Waals surface area contributed by atoms with E-state index in [2.05, 4.69) is 18.0 Å². The van der Waals surface area contributed by atoms with Gasteiger partial charge in [-0.3, -0.25) is 9.59 Å². The molecule has 0 aromatic heterocycles. The zero-order valence-electron chi connectivity index (χ0n) is 10.7. The average molecular weight is 279 g/mol. The molecule has 1 heterocycles. The molecule has 1 aliphatic carbocycles. The smallest absolute Gasteiger partial charge is 0.312 e. The maximum Gasteiger partial charge on any atom is 0.312 e. The van der Waals surface area contributed by atoms with Crippen LogP contribution in [0, 0.1) is 11.8 Å². The van der Waals surface area contributed by atoms with Gasteiger partial charge in [0.25, 0.3) is 0 Å². The molecule has 102 valence electrons. The van der Waals surface area contributed by atoms with Gasteiger partial charge in [-0.2, -0.15) is 0 Å². The summed E-state index contributed by atoms with van der Waals surface area (Å²) < 4.78 is 5.16. The molecule has 1 aliphatic heterocycles. The van der Waals surface area contributed by atoms with Crippen LogP contribution in [0.25, 0.3) is 0 Å². The normalized spacial score (nSPS) is 31.6. The van der Waals surface area contributed by atoms with Crippen molar-refractivity contribution in [3.8, 4) is 0 Å². The lowest BCUT2D eigenvalue weighted by Crippen LogP contribution is -2.40. The number of hydrogen-bond donors (Lipinski definition) is 1. The van der Waals surface area contributed by atoms with Gasteiger partial charge in [0.2, 0.25) is 5.91 Å². The highest BCUT2D eigenvalue weighted by molar-refractivity contribution is 8.01. The van der Waals surface area contributed by atoms with Gasteiger partial charge in [-0.15, -0.1) is 11.8 Å². The van der Waals surface area contributed by atoms with E-state index < -0.39 is 0 Å². The Hall–Kier alpha value is -1.49. The van der Waals surface area contributed by atoms with E-state index in [1.807, 2.05) is 18.2 Å². The quantitative estimate of drug-likeness (QED) is 0.628. The fraction of sp³-hybridized carbons (Fsp3) is 0.429. The molecule has 2 rings (SSSR count). The van der Waals surface area contributed by atoms with Gasteiger partial charge < -0.3 is 10.1 Å². The predicted octanol–water partition coefficient (Wildman–Crippen LogP) is 1.65. The third kappa shape index (κ3) is 3.10. The van der Waals surface area contributed by atoms with Gasteiger partial charge in [0, 0.05) is 18.1 Å². The summed E-state index contributed by atoms with van der Waals surface area (Å²) >= 11 is 1.60. The number of carbonyl (C=O) groups is 2. The summed E-state index contributed by atoms with van der Waals surface area (Å²) in [5.41, 5.74) is 0. The first-order valence-corrected chi connectivity index (χ1v) is 7.13. The number of thioether (sulfide) groups is 1. The summed E-state index contributed by atoms with van der Waals surface area (Å²) in [5, 5.41) is 2.81. The van der Waals surface area contributed by atoms with Crippen LogP contribution in [0.1, 0.15) is 6.92 Å². The lowest BCUT2D eigenvalue weighted by Gasteiger charge is -2.22. The molecular formula is C14H17NO3S. The molecule has 19 heavy (non-hydrogen) atoms. The molecular weight excluding hydrogens is 262 g/mol. The van der Waals surface area contributed by atoms with Crippen molar-refractivity contribution in [2.24, 2.45) is 11.8 Å². The van der Waals surface area contributed by atoms with E-state index >= 15 is 0 Å². The zero-order chi connectivity index (χ0) is 13.8. The molecule has 0 radical (unpaired) electrons. The molecule has 0 saturated carbocycles. The van der Waals surface area contributed by atoms with Crippen LogP contribution in [0.15, 0.2) is 37.0 Å². The molecule has 1 fully saturated rings. The van der Waals surface area contributed by atoms with Crippen molar-refractivity contribution in [3.63, 3.8) is 0 Å². The number of amides is 1. The molecule has 4 unspecified atom stereocenters. The Balaban J connectivity index is 2.15. The number of rotatable bonds is 4. The second kappa shape index (κ2) is 6.10. The maximum absolute atomic E-state index is 12.2. The van der Waals surface area contributed by atoms with Crippen LogP contribution in [0.2, 0.25) is 0 Å². The lowest BCUT2D eigenvalue weighted by molar-refractivity contribution is -0.148. The van der Waals surface area contributed by atoms with Crippen LogP contribution in [0.5, 0.6) is 0 Å². The molecule has 4 nitrogen and oxygen atoms in total. The highest BCUT2D eigenvalue weighted by atomic mass is 32.2. The highest BCUT2D eigenvalue weighted by Crippen LogP contribution is 2.45. The van der Waals surface area contributed by atoms with Gasteiger partial charge in [-0.1, -0.05) is 37.0 Å². The Morgan fingerprint density at radius 1 is 1.42 bits per heavy atom. The van der Waals surface area contributed by atoms with Crippen molar-refractivity contribution < 1.29 is 14.3 Å². The van der Waals surface area contributed by atoms with Crippen LogP contribution >= 0.6 is 11.8 Å². The second-order valence-corrected chi connectivity index (χ2v) is 5.84. The van der Waals surface area contributed by atoms with Gasteiger partial charge in [-0.05, 0) is 0 Å². The van der Waals surface area contributed by atoms with Crippen LogP contribution in [-0.2, 0) is 14.3 Å². The zero-order valence-corrected chi connectivity index (χ0v) is 11.6. The first-order valence-electron chi connectivity index (χ1n) is 6.18. The topological polar surface area (TPSA) is 55.4 Å². The SMILES string of the molecule is C=CCOC(=O)C1C(NC(C)=O)SC2C=CC=CC21. The summed E-state index contributed by atoms with van der Waals surface area (Å²) in [4.78, 5) is 23.4. The van der Waals surface area contributed by atoms with Gasteiger partial charge in [0.15, 0.2) is 0 Å². The number of esters is 1. The predicted molar refractivity (Wildman–Crippen MR) is 75.4 cm³/mol. The number of carbonyl (C=O) groups excluding carboxylic acids is 2. The molecule has 0 spiro atoms. The van der Waals surface area contributed by atoms with Crippen molar-refractivity contribution in [1.29, 1.82) is 0 Å². The minimum atomic E-state index is -0.347. The molecule has 4 atom stereocenters. The largest absolute Gasteiger partial charge is 0.461 e. The van der Waals surface area contributed by atoms with E-state index in [0.717, 1.165) is 0 Å². The first kappa shape index (κ1) is 13.9. The molecule has 1 saturated heterocycles. The molecule has 0 aromatic carbocycles. The van der Waals surface area contributed by atoms with E-state index in [9.17, 15) is 9.59 Å². The monoisotopic (exact) mass is 279 g/mol. The molecule has 0 aromatic rings. The molecule has 1 N–H and O–H groups in total. The molecule has 5 heteroatoms. The summed E-state index contributed by atoms with van der Waals surface area (Å²) in [6.45, 7) is 5.19. The Morgan fingerprint density at radius 3 is 2.84 bits per heavy atom. The maximum atomic E-state index is 12.2. The number of allylic oxidation sites excluding steroid dienone is 3. The van der Waals surface area contributed by atoms with Crippen molar-refractivity contribution in [3.05, 3.63) is 37.0 Å². The summed E-state index contributed by atoms with van der Waals surface area (Å²) in [5.74, 6) is -0.687. The Bertz CT molecular complexity index is 444. The Morgan fingerprint density at radius 2 is 2.16 bits per heavy atom. The number of fused-ring (bicyclic) bond motifs is 1. The third-order valence-electron chi connectivity index (χ3n) is 3.13. The third-order valence-corrected chi connectivity index (χ3v) is 4.62. The fourth-order valence-corrected chi connectivity index (χ4v) is 4.02. The lowest BCUT2D eigenvalue weighted by atomic mass is 9.87. The van der Waals surface area contributed by atoms with Crippen LogP contribution in [-0.4, -0.2) is 29.1 Å². The van der Waals surface area contributed by atoms with E-state index in [1.165, 1.54) is 6.92 Å². The van der Waals surface area contributed by atoms with Gasteiger partial charge in [0.05, 0.1) is 11.3 Å².